The van der Waals surface area contributed by atoms with Gasteiger partial charge in [-0.1, -0.05) is 35.2 Å². The topological polar surface area (TPSA) is 80.6 Å². The first kappa shape index (κ1) is 20.5. The Kier molecular flexibility index (Phi) is 7.54. The summed E-state index contributed by atoms with van der Waals surface area (Å²) in [7, 11) is 0. The number of amides is 2. The predicted octanol–water partition coefficient (Wildman–Crippen LogP) is 4.05. The van der Waals surface area contributed by atoms with E-state index >= 15 is 0 Å². The van der Waals surface area contributed by atoms with Crippen LogP contribution in [-0.4, -0.2) is 24.9 Å². The number of carbonyl (C=O) groups excluding carboxylic acids is 2. The summed E-state index contributed by atoms with van der Waals surface area (Å²) in [4.78, 5) is 24.2. The molecule has 0 radical (unpaired) electrons. The van der Waals surface area contributed by atoms with Crippen LogP contribution >= 0.6 is 15.9 Å². The quantitative estimate of drug-likeness (QED) is 0.596. The van der Waals surface area contributed by atoms with Crippen molar-refractivity contribution in [2.24, 2.45) is 5.92 Å². The molecule has 28 heavy (non-hydrogen) atoms. The summed E-state index contributed by atoms with van der Waals surface area (Å²) in [6, 6.07) is 10.8. The molecule has 0 bridgehead atoms. The molecule has 1 aliphatic rings. The Morgan fingerprint density at radius 1 is 1.00 bits per heavy atom. The van der Waals surface area contributed by atoms with Gasteiger partial charge in [-0.15, -0.1) is 0 Å². The van der Waals surface area contributed by atoms with Crippen LogP contribution in [-0.2, 0) is 11.4 Å². The molecule has 1 heterocycles. The summed E-state index contributed by atoms with van der Waals surface area (Å²) >= 11 is 3.37. The zero-order valence-electron chi connectivity index (χ0n) is 15.7. The molecule has 1 fully saturated rings. The van der Waals surface area contributed by atoms with Crippen molar-refractivity contribution >= 4 is 27.7 Å². The lowest BCUT2D eigenvalue weighted by Gasteiger charge is -2.20. The summed E-state index contributed by atoms with van der Waals surface area (Å²) in [5.74, 6) is 1.44. The van der Waals surface area contributed by atoms with Gasteiger partial charge in [-0.3, -0.25) is 9.59 Å². The van der Waals surface area contributed by atoms with Crippen molar-refractivity contribution in [1.29, 1.82) is 0 Å². The van der Waals surface area contributed by atoms with Crippen molar-refractivity contribution in [3.63, 3.8) is 0 Å². The number of hydrogen-bond acceptors (Lipinski definition) is 4. The highest BCUT2D eigenvalue weighted by atomic mass is 79.9. The molecule has 0 saturated heterocycles. The maximum absolute atomic E-state index is 12.2. The summed E-state index contributed by atoms with van der Waals surface area (Å²) in [6.07, 6.45) is 5.41. The minimum absolute atomic E-state index is 0.0966. The third-order valence-electron chi connectivity index (χ3n) is 4.77. The largest absolute Gasteiger partial charge is 0.486 e. The molecule has 1 aromatic heterocycles. The van der Waals surface area contributed by atoms with Crippen LogP contribution in [0.25, 0.3) is 0 Å². The smallest absolute Gasteiger partial charge is 0.287 e. The normalized spacial score (nSPS) is 14.5. The van der Waals surface area contributed by atoms with Gasteiger partial charge in [0, 0.05) is 23.5 Å². The monoisotopic (exact) mass is 448 g/mol. The van der Waals surface area contributed by atoms with E-state index in [9.17, 15) is 9.59 Å². The minimum atomic E-state index is -0.304. The number of benzene rings is 1. The van der Waals surface area contributed by atoms with Gasteiger partial charge in [-0.25, -0.2) is 0 Å². The number of carbonyl (C=O) groups is 2. The maximum atomic E-state index is 12.2. The lowest BCUT2D eigenvalue weighted by Crippen LogP contribution is -2.38. The van der Waals surface area contributed by atoms with Crippen molar-refractivity contribution in [3.05, 3.63) is 52.4 Å². The number of nitrogens with one attached hydrogen (secondary N) is 2. The van der Waals surface area contributed by atoms with Crippen LogP contribution < -0.4 is 15.4 Å². The fourth-order valence-corrected chi connectivity index (χ4v) is 3.49. The van der Waals surface area contributed by atoms with E-state index in [1.54, 1.807) is 12.1 Å². The number of rotatable bonds is 8. The van der Waals surface area contributed by atoms with Gasteiger partial charge < -0.3 is 19.8 Å². The van der Waals surface area contributed by atoms with Gasteiger partial charge in [-0.2, -0.15) is 0 Å². The first-order valence-corrected chi connectivity index (χ1v) is 10.4. The summed E-state index contributed by atoms with van der Waals surface area (Å²) in [5, 5.41) is 5.66. The number of ether oxygens (including phenoxy) is 1. The zero-order valence-corrected chi connectivity index (χ0v) is 17.3. The molecule has 2 aromatic rings. The minimum Gasteiger partial charge on any atom is -0.486 e. The van der Waals surface area contributed by atoms with E-state index in [2.05, 4.69) is 26.6 Å². The molecule has 0 aliphatic heterocycles. The highest BCUT2D eigenvalue weighted by molar-refractivity contribution is 9.10. The summed E-state index contributed by atoms with van der Waals surface area (Å²) < 4.78 is 12.1. The van der Waals surface area contributed by atoms with E-state index in [-0.39, 0.29) is 30.1 Å². The van der Waals surface area contributed by atoms with Crippen LogP contribution in [0.1, 0.15) is 48.4 Å². The first-order chi connectivity index (χ1) is 13.6. The highest BCUT2D eigenvalue weighted by Crippen LogP contribution is 2.23. The predicted molar refractivity (Wildman–Crippen MR) is 109 cm³/mol. The molecule has 0 atom stereocenters. The van der Waals surface area contributed by atoms with E-state index < -0.39 is 0 Å². The van der Waals surface area contributed by atoms with Gasteiger partial charge in [0.05, 0.1) is 0 Å². The van der Waals surface area contributed by atoms with Gasteiger partial charge >= 0.3 is 0 Å². The van der Waals surface area contributed by atoms with Crippen molar-refractivity contribution in [3.8, 4) is 5.75 Å². The Hall–Kier alpha value is -2.28. The van der Waals surface area contributed by atoms with E-state index in [1.807, 2.05) is 24.3 Å². The molecule has 0 spiro atoms. The number of halogens is 1. The molecule has 7 heteroatoms. The van der Waals surface area contributed by atoms with Crippen LogP contribution in [0.4, 0.5) is 0 Å². The molecular formula is C21H25BrN2O4. The lowest BCUT2D eigenvalue weighted by atomic mass is 9.89. The molecule has 1 aromatic carbocycles. The van der Waals surface area contributed by atoms with Crippen LogP contribution in [0.2, 0.25) is 0 Å². The standard InChI is InChI=1S/C21H25BrN2O4/c22-16-6-8-17(9-7-16)27-14-18-10-11-19(28-18)21(26)24-13-12-23-20(25)15-4-2-1-3-5-15/h6-11,15H,1-5,12-14H2,(H,23,25)(H,24,26). The second kappa shape index (κ2) is 10.3. The lowest BCUT2D eigenvalue weighted by molar-refractivity contribution is -0.125. The third kappa shape index (κ3) is 6.12. The van der Waals surface area contributed by atoms with Crippen LogP contribution in [0, 0.1) is 5.92 Å². The Morgan fingerprint density at radius 2 is 1.71 bits per heavy atom. The zero-order chi connectivity index (χ0) is 19.8. The number of furan rings is 1. The molecule has 6 nitrogen and oxygen atoms in total. The van der Waals surface area contributed by atoms with E-state index in [1.165, 1.54) is 6.42 Å². The Bertz CT molecular complexity index is 782. The molecule has 1 saturated carbocycles. The second-order valence-corrected chi connectivity index (χ2v) is 7.81. The fourth-order valence-electron chi connectivity index (χ4n) is 3.22. The van der Waals surface area contributed by atoms with Crippen molar-refractivity contribution in [2.45, 2.75) is 38.7 Å². The molecule has 150 valence electrons. The molecule has 1 aliphatic carbocycles. The van der Waals surface area contributed by atoms with Crippen LogP contribution in [0.15, 0.2) is 45.3 Å². The SMILES string of the molecule is O=C(NCCNC(=O)C1CCCCC1)c1ccc(COc2ccc(Br)cc2)o1. The van der Waals surface area contributed by atoms with E-state index in [0.717, 1.165) is 35.9 Å². The average Bonchev–Trinajstić information content (AvgIpc) is 3.20. The van der Waals surface area contributed by atoms with Gasteiger partial charge in [0.2, 0.25) is 5.91 Å². The van der Waals surface area contributed by atoms with Gasteiger partial charge in [0.15, 0.2) is 5.76 Å². The molecule has 3 rings (SSSR count). The van der Waals surface area contributed by atoms with Gasteiger partial charge in [0.25, 0.3) is 5.91 Å². The Balaban J connectivity index is 1.36. The third-order valence-corrected chi connectivity index (χ3v) is 5.29. The summed E-state index contributed by atoms with van der Waals surface area (Å²) in [5.41, 5.74) is 0. The van der Waals surface area contributed by atoms with Crippen molar-refractivity contribution < 1.29 is 18.7 Å². The molecule has 2 amide bonds. The fraction of sp³-hybridized carbons (Fsp3) is 0.429. The first-order valence-electron chi connectivity index (χ1n) is 9.65. The molecular weight excluding hydrogens is 424 g/mol. The van der Waals surface area contributed by atoms with E-state index in [0.29, 0.717) is 18.8 Å². The highest BCUT2D eigenvalue weighted by Gasteiger charge is 2.20. The van der Waals surface area contributed by atoms with Gasteiger partial charge in [0.1, 0.15) is 18.1 Å². The Morgan fingerprint density at radius 3 is 2.46 bits per heavy atom. The number of hydrogen-bond donors (Lipinski definition) is 2. The molecule has 2 N–H and O–H groups in total. The van der Waals surface area contributed by atoms with Crippen LogP contribution in [0.3, 0.4) is 0 Å². The van der Waals surface area contributed by atoms with Crippen molar-refractivity contribution in [2.75, 3.05) is 13.1 Å². The van der Waals surface area contributed by atoms with E-state index in [4.69, 9.17) is 9.15 Å². The average molecular weight is 449 g/mol. The Labute approximate surface area is 173 Å². The maximum Gasteiger partial charge on any atom is 0.287 e. The summed E-state index contributed by atoms with van der Waals surface area (Å²) in [6.45, 7) is 1.02. The molecule has 0 unspecified atom stereocenters. The van der Waals surface area contributed by atoms with Crippen LogP contribution in [0.5, 0.6) is 5.75 Å². The van der Waals surface area contributed by atoms with Crippen molar-refractivity contribution in [1.82, 2.24) is 10.6 Å². The van der Waals surface area contributed by atoms with Gasteiger partial charge in [-0.05, 0) is 49.2 Å². The second-order valence-electron chi connectivity index (χ2n) is 6.89.